The fourth-order valence-electron chi connectivity index (χ4n) is 4.39. The predicted octanol–water partition coefficient (Wildman–Crippen LogP) is 4.69. The normalized spacial score (nSPS) is 32.0. The van der Waals surface area contributed by atoms with E-state index in [9.17, 15) is 4.39 Å². The van der Waals surface area contributed by atoms with Gasteiger partial charge in [0.2, 0.25) is 0 Å². The number of benzene rings is 1. The second kappa shape index (κ2) is 7.76. The van der Waals surface area contributed by atoms with Crippen LogP contribution in [0.2, 0.25) is 0 Å². The summed E-state index contributed by atoms with van der Waals surface area (Å²) in [5, 5.41) is 0. The molecule has 2 fully saturated rings. The van der Waals surface area contributed by atoms with E-state index in [-0.39, 0.29) is 5.82 Å². The molecule has 0 aromatic heterocycles. The zero-order chi connectivity index (χ0) is 16.2. The number of aryl methyl sites for hydroxylation is 1. The molecule has 1 aromatic rings. The van der Waals surface area contributed by atoms with Gasteiger partial charge in [-0.15, -0.1) is 0 Å². The van der Waals surface area contributed by atoms with Crippen LogP contribution in [0, 0.1) is 18.7 Å². The van der Waals surface area contributed by atoms with Gasteiger partial charge in [-0.25, -0.2) is 4.39 Å². The number of nitrogens with two attached hydrogens (primary N) is 1. The first-order valence-electron chi connectivity index (χ1n) is 9.25. The van der Waals surface area contributed by atoms with Crippen molar-refractivity contribution in [1.29, 1.82) is 0 Å². The highest BCUT2D eigenvalue weighted by atomic mass is 19.1. The lowest BCUT2D eigenvalue weighted by atomic mass is 9.76. The van der Waals surface area contributed by atoms with Gasteiger partial charge in [-0.05, 0) is 93.4 Å². The van der Waals surface area contributed by atoms with Gasteiger partial charge in [0, 0.05) is 12.6 Å². The van der Waals surface area contributed by atoms with Crippen molar-refractivity contribution in [3.8, 4) is 0 Å². The molecule has 1 aromatic carbocycles. The van der Waals surface area contributed by atoms with Crippen molar-refractivity contribution in [1.82, 2.24) is 0 Å². The van der Waals surface area contributed by atoms with Crippen LogP contribution >= 0.6 is 0 Å². The van der Waals surface area contributed by atoms with Crippen molar-refractivity contribution < 1.29 is 9.13 Å². The van der Waals surface area contributed by atoms with E-state index in [1.54, 1.807) is 12.1 Å². The van der Waals surface area contributed by atoms with Gasteiger partial charge in [-0.1, -0.05) is 6.07 Å². The van der Waals surface area contributed by atoms with Crippen molar-refractivity contribution in [2.24, 2.45) is 11.7 Å². The van der Waals surface area contributed by atoms with Crippen LogP contribution in [-0.2, 0) is 4.74 Å². The van der Waals surface area contributed by atoms with E-state index in [1.165, 1.54) is 44.1 Å². The molecule has 1 heterocycles. The fraction of sp³-hybridized carbons (Fsp3) is 0.700. The van der Waals surface area contributed by atoms with E-state index < -0.39 is 0 Å². The lowest BCUT2D eigenvalue weighted by Crippen LogP contribution is -2.35. The minimum Gasteiger partial charge on any atom is -0.378 e. The van der Waals surface area contributed by atoms with Gasteiger partial charge in [0.15, 0.2) is 0 Å². The fourth-order valence-corrected chi connectivity index (χ4v) is 4.39. The van der Waals surface area contributed by atoms with Crippen molar-refractivity contribution in [2.45, 2.75) is 76.4 Å². The standard InChI is InChI=1S/C20H30FNO/c1-14-12-17(21)7-9-20(14)16-5-2-15(3-6-16)4-8-19-13-18(22)10-11-23-19/h7,9,12,15-16,18-19H,2-6,8,10-11,13,22H2,1H3. The summed E-state index contributed by atoms with van der Waals surface area (Å²) < 4.78 is 19.1. The molecule has 0 spiro atoms. The number of hydrogen-bond acceptors (Lipinski definition) is 2. The summed E-state index contributed by atoms with van der Waals surface area (Å²) in [6.07, 6.45) is 9.93. The van der Waals surface area contributed by atoms with E-state index >= 15 is 0 Å². The summed E-state index contributed by atoms with van der Waals surface area (Å²) in [7, 11) is 0. The lowest BCUT2D eigenvalue weighted by Gasteiger charge is -2.32. The number of halogens is 1. The molecule has 0 radical (unpaired) electrons. The minimum atomic E-state index is -0.120. The van der Waals surface area contributed by atoms with Crippen LogP contribution < -0.4 is 5.73 Å². The summed E-state index contributed by atoms with van der Waals surface area (Å²) in [5.74, 6) is 1.32. The van der Waals surface area contributed by atoms with Gasteiger partial charge in [0.05, 0.1) is 6.10 Å². The SMILES string of the molecule is Cc1cc(F)ccc1C1CCC(CCC2CC(N)CCO2)CC1. The van der Waals surface area contributed by atoms with Crippen LogP contribution in [0.15, 0.2) is 18.2 Å². The second-order valence-corrected chi connectivity index (χ2v) is 7.57. The van der Waals surface area contributed by atoms with E-state index in [0.717, 1.165) is 30.9 Å². The van der Waals surface area contributed by atoms with Gasteiger partial charge in [-0.3, -0.25) is 0 Å². The quantitative estimate of drug-likeness (QED) is 0.873. The Morgan fingerprint density at radius 1 is 1.13 bits per heavy atom. The summed E-state index contributed by atoms with van der Waals surface area (Å²) in [4.78, 5) is 0. The maximum atomic E-state index is 13.3. The van der Waals surface area contributed by atoms with Crippen LogP contribution in [0.1, 0.15) is 68.4 Å². The van der Waals surface area contributed by atoms with Crippen LogP contribution in [0.3, 0.4) is 0 Å². The predicted molar refractivity (Wildman–Crippen MR) is 92.0 cm³/mol. The molecule has 3 rings (SSSR count). The average molecular weight is 319 g/mol. The number of ether oxygens (including phenoxy) is 1. The molecule has 2 atom stereocenters. The molecular weight excluding hydrogens is 289 g/mol. The second-order valence-electron chi connectivity index (χ2n) is 7.57. The van der Waals surface area contributed by atoms with Crippen molar-refractivity contribution in [2.75, 3.05) is 6.61 Å². The summed E-state index contributed by atoms with van der Waals surface area (Å²) in [6, 6.07) is 5.61. The molecule has 1 aliphatic carbocycles. The van der Waals surface area contributed by atoms with Crippen molar-refractivity contribution in [3.05, 3.63) is 35.1 Å². The summed E-state index contributed by atoms with van der Waals surface area (Å²) in [6.45, 7) is 2.87. The first kappa shape index (κ1) is 16.9. The molecule has 0 amide bonds. The Morgan fingerprint density at radius 2 is 1.91 bits per heavy atom. The molecule has 0 bridgehead atoms. The van der Waals surface area contributed by atoms with E-state index in [0.29, 0.717) is 18.1 Å². The molecule has 2 N–H and O–H groups in total. The molecule has 1 saturated heterocycles. The Kier molecular flexibility index (Phi) is 5.71. The molecule has 23 heavy (non-hydrogen) atoms. The zero-order valence-electron chi connectivity index (χ0n) is 14.3. The highest BCUT2D eigenvalue weighted by Crippen LogP contribution is 2.39. The number of hydrogen-bond donors (Lipinski definition) is 1. The molecule has 2 aliphatic rings. The summed E-state index contributed by atoms with van der Waals surface area (Å²) >= 11 is 0. The monoisotopic (exact) mass is 319 g/mol. The Labute approximate surface area is 139 Å². The Morgan fingerprint density at radius 3 is 2.61 bits per heavy atom. The maximum Gasteiger partial charge on any atom is 0.123 e. The number of rotatable bonds is 4. The highest BCUT2D eigenvalue weighted by Gasteiger charge is 2.25. The summed E-state index contributed by atoms with van der Waals surface area (Å²) in [5.41, 5.74) is 8.50. The molecule has 128 valence electrons. The molecule has 1 aliphatic heterocycles. The highest BCUT2D eigenvalue weighted by molar-refractivity contribution is 5.30. The molecule has 2 unspecified atom stereocenters. The molecule has 2 nitrogen and oxygen atoms in total. The Balaban J connectivity index is 1.45. The van der Waals surface area contributed by atoms with Crippen molar-refractivity contribution >= 4 is 0 Å². The smallest absolute Gasteiger partial charge is 0.123 e. The topological polar surface area (TPSA) is 35.2 Å². The van der Waals surface area contributed by atoms with E-state index in [2.05, 4.69) is 0 Å². The molecule has 1 saturated carbocycles. The maximum absolute atomic E-state index is 13.3. The van der Waals surface area contributed by atoms with Gasteiger partial charge in [0.25, 0.3) is 0 Å². The van der Waals surface area contributed by atoms with Gasteiger partial charge < -0.3 is 10.5 Å². The largest absolute Gasteiger partial charge is 0.378 e. The Bertz CT molecular complexity index is 510. The first-order valence-corrected chi connectivity index (χ1v) is 9.25. The van der Waals surface area contributed by atoms with Crippen LogP contribution in [0.25, 0.3) is 0 Å². The third-order valence-electron chi connectivity index (χ3n) is 5.82. The van der Waals surface area contributed by atoms with E-state index in [1.807, 2.05) is 13.0 Å². The van der Waals surface area contributed by atoms with Gasteiger partial charge >= 0.3 is 0 Å². The van der Waals surface area contributed by atoms with Crippen LogP contribution in [-0.4, -0.2) is 18.8 Å². The van der Waals surface area contributed by atoms with Gasteiger partial charge in [0.1, 0.15) is 5.82 Å². The lowest BCUT2D eigenvalue weighted by molar-refractivity contribution is -0.00108. The van der Waals surface area contributed by atoms with Crippen LogP contribution in [0.4, 0.5) is 4.39 Å². The third kappa shape index (κ3) is 4.54. The molecule has 3 heteroatoms. The van der Waals surface area contributed by atoms with Crippen molar-refractivity contribution in [3.63, 3.8) is 0 Å². The van der Waals surface area contributed by atoms with Gasteiger partial charge in [-0.2, -0.15) is 0 Å². The van der Waals surface area contributed by atoms with E-state index in [4.69, 9.17) is 10.5 Å². The Hall–Kier alpha value is -0.930. The zero-order valence-corrected chi connectivity index (χ0v) is 14.3. The average Bonchev–Trinajstić information content (AvgIpc) is 2.54. The third-order valence-corrected chi connectivity index (χ3v) is 5.82. The minimum absolute atomic E-state index is 0.120. The van der Waals surface area contributed by atoms with Crippen LogP contribution in [0.5, 0.6) is 0 Å². The first-order chi connectivity index (χ1) is 11.1. The molecular formula is C20H30FNO.